The summed E-state index contributed by atoms with van der Waals surface area (Å²) in [6.45, 7) is 1.37. The number of hydrogen-bond donors (Lipinski definition) is 1. The third-order valence-corrected chi connectivity index (χ3v) is 4.88. The first-order valence-corrected chi connectivity index (χ1v) is 8.62. The molecule has 0 spiro atoms. The zero-order valence-corrected chi connectivity index (χ0v) is 14.5. The molecule has 1 saturated heterocycles. The summed E-state index contributed by atoms with van der Waals surface area (Å²) in [5, 5.41) is 13.8. The second kappa shape index (κ2) is 6.67. The fourth-order valence-corrected chi connectivity index (χ4v) is 3.41. The summed E-state index contributed by atoms with van der Waals surface area (Å²) in [5.41, 5.74) is 2.74. The third-order valence-electron chi connectivity index (χ3n) is 4.88. The Bertz CT molecular complexity index is 945. The molecule has 0 bridgehead atoms. The van der Waals surface area contributed by atoms with Crippen LogP contribution >= 0.6 is 0 Å². The van der Waals surface area contributed by atoms with Crippen molar-refractivity contribution in [3.63, 3.8) is 0 Å². The average molecular weight is 352 g/mol. The molecule has 0 radical (unpaired) electrons. The number of aliphatic carboxylic acids is 1. The van der Waals surface area contributed by atoms with Crippen LogP contribution < -0.4 is 9.64 Å². The first-order chi connectivity index (χ1) is 12.7. The highest BCUT2D eigenvalue weighted by Gasteiger charge is 2.26. The predicted octanol–water partition coefficient (Wildman–Crippen LogP) is 2.71. The molecular formula is C19H20N4O3. The molecule has 0 aliphatic carbocycles. The van der Waals surface area contributed by atoms with Crippen LogP contribution in [-0.4, -0.2) is 45.9 Å². The van der Waals surface area contributed by atoms with Gasteiger partial charge in [-0.3, -0.25) is 4.79 Å². The van der Waals surface area contributed by atoms with E-state index in [2.05, 4.69) is 15.0 Å². The lowest BCUT2D eigenvalue weighted by molar-refractivity contribution is -0.142. The maximum absolute atomic E-state index is 11.2. The number of ether oxygens (including phenoxy) is 1. The minimum Gasteiger partial charge on any atom is -0.497 e. The number of carboxylic acid groups (broad SMARTS) is 1. The summed E-state index contributed by atoms with van der Waals surface area (Å²) in [7, 11) is 1.64. The van der Waals surface area contributed by atoms with E-state index < -0.39 is 5.97 Å². The molecule has 1 aliphatic heterocycles. The van der Waals surface area contributed by atoms with E-state index in [1.165, 1.54) is 0 Å². The molecule has 4 rings (SSSR count). The van der Waals surface area contributed by atoms with E-state index in [4.69, 9.17) is 4.74 Å². The van der Waals surface area contributed by atoms with Crippen molar-refractivity contribution in [2.45, 2.75) is 12.8 Å². The fraction of sp³-hybridized carbons (Fsp3) is 0.316. The molecule has 0 unspecified atom stereocenters. The molecule has 7 nitrogen and oxygen atoms in total. The molecule has 0 atom stereocenters. The fourth-order valence-electron chi connectivity index (χ4n) is 3.41. The van der Waals surface area contributed by atoms with Crippen molar-refractivity contribution < 1.29 is 14.6 Å². The number of nitrogens with zero attached hydrogens (tertiary/aromatic N) is 4. The Balaban J connectivity index is 1.67. The first-order valence-electron chi connectivity index (χ1n) is 8.62. The van der Waals surface area contributed by atoms with Gasteiger partial charge in [0.2, 0.25) is 0 Å². The quantitative estimate of drug-likeness (QED) is 0.778. The number of rotatable bonds is 4. The monoisotopic (exact) mass is 352 g/mol. The largest absolute Gasteiger partial charge is 0.497 e. The summed E-state index contributed by atoms with van der Waals surface area (Å²) >= 11 is 0. The highest BCUT2D eigenvalue weighted by molar-refractivity contribution is 5.76. The van der Waals surface area contributed by atoms with E-state index in [0.717, 1.165) is 28.3 Å². The lowest BCUT2D eigenvalue weighted by Gasteiger charge is -2.31. The van der Waals surface area contributed by atoms with Gasteiger partial charge in [0.15, 0.2) is 5.82 Å². The summed E-state index contributed by atoms with van der Waals surface area (Å²) in [4.78, 5) is 17.8. The Morgan fingerprint density at radius 2 is 2.08 bits per heavy atom. The van der Waals surface area contributed by atoms with Gasteiger partial charge in [0, 0.05) is 31.0 Å². The Morgan fingerprint density at radius 1 is 1.27 bits per heavy atom. The molecule has 1 N–H and O–H groups in total. The summed E-state index contributed by atoms with van der Waals surface area (Å²) in [6, 6.07) is 9.80. The van der Waals surface area contributed by atoms with Gasteiger partial charge in [0.05, 0.1) is 18.7 Å². The lowest BCUT2D eigenvalue weighted by atomic mass is 9.97. The Hall–Kier alpha value is -3.09. The van der Waals surface area contributed by atoms with Gasteiger partial charge in [0.25, 0.3) is 0 Å². The second-order valence-electron chi connectivity index (χ2n) is 6.44. The van der Waals surface area contributed by atoms with Gasteiger partial charge < -0.3 is 14.7 Å². The van der Waals surface area contributed by atoms with Crippen molar-refractivity contribution in [1.29, 1.82) is 0 Å². The molecule has 0 saturated carbocycles. The summed E-state index contributed by atoms with van der Waals surface area (Å²) in [6.07, 6.45) is 4.82. The van der Waals surface area contributed by atoms with Crippen LogP contribution in [0, 0.1) is 5.92 Å². The van der Waals surface area contributed by atoms with Crippen LogP contribution in [0.25, 0.3) is 16.8 Å². The van der Waals surface area contributed by atoms with E-state index in [0.29, 0.717) is 25.9 Å². The van der Waals surface area contributed by atoms with Crippen LogP contribution in [0.3, 0.4) is 0 Å². The minimum atomic E-state index is -0.708. The minimum absolute atomic E-state index is 0.261. The Morgan fingerprint density at radius 3 is 2.81 bits per heavy atom. The average Bonchev–Trinajstić information content (AvgIpc) is 3.12. The summed E-state index contributed by atoms with van der Waals surface area (Å²) < 4.78 is 7.12. The molecule has 3 aromatic rings. The van der Waals surface area contributed by atoms with Gasteiger partial charge in [-0.2, -0.15) is 5.10 Å². The van der Waals surface area contributed by atoms with Crippen molar-refractivity contribution >= 4 is 17.3 Å². The van der Waals surface area contributed by atoms with Crippen molar-refractivity contribution in [2.24, 2.45) is 5.92 Å². The van der Waals surface area contributed by atoms with E-state index in [-0.39, 0.29) is 5.92 Å². The predicted molar refractivity (Wildman–Crippen MR) is 97.5 cm³/mol. The zero-order chi connectivity index (χ0) is 18.1. The molecule has 2 aromatic heterocycles. The van der Waals surface area contributed by atoms with Gasteiger partial charge in [-0.1, -0.05) is 12.1 Å². The van der Waals surface area contributed by atoms with Gasteiger partial charge in [-0.15, -0.1) is 0 Å². The molecule has 26 heavy (non-hydrogen) atoms. The molecule has 1 fully saturated rings. The van der Waals surface area contributed by atoms with Crippen molar-refractivity contribution in [3.8, 4) is 17.0 Å². The van der Waals surface area contributed by atoms with Crippen LogP contribution in [0.4, 0.5) is 5.82 Å². The van der Waals surface area contributed by atoms with Gasteiger partial charge >= 0.3 is 5.97 Å². The topological polar surface area (TPSA) is 80.0 Å². The van der Waals surface area contributed by atoms with Crippen LogP contribution in [0.1, 0.15) is 12.8 Å². The number of anilines is 1. The number of methoxy groups -OCH3 is 1. The lowest BCUT2D eigenvalue weighted by Crippen LogP contribution is -2.37. The van der Waals surface area contributed by atoms with Crippen LogP contribution in [0.5, 0.6) is 5.75 Å². The number of carboxylic acids is 1. The smallest absolute Gasteiger partial charge is 0.306 e. The normalized spacial score (nSPS) is 15.3. The third kappa shape index (κ3) is 2.96. The Kier molecular flexibility index (Phi) is 4.20. The molecule has 3 heterocycles. The van der Waals surface area contributed by atoms with Crippen LogP contribution in [0.2, 0.25) is 0 Å². The highest BCUT2D eigenvalue weighted by Crippen LogP contribution is 2.29. The van der Waals surface area contributed by atoms with Crippen LogP contribution in [0.15, 0.2) is 42.7 Å². The molecular weight excluding hydrogens is 332 g/mol. The number of carbonyl (C=O) groups is 1. The first kappa shape index (κ1) is 16.4. The highest BCUT2D eigenvalue weighted by atomic mass is 16.5. The number of benzene rings is 1. The number of aromatic nitrogens is 3. The van der Waals surface area contributed by atoms with E-state index in [1.807, 2.05) is 41.0 Å². The number of piperidine rings is 1. The van der Waals surface area contributed by atoms with Gasteiger partial charge in [0.1, 0.15) is 11.3 Å². The number of hydrogen-bond acceptors (Lipinski definition) is 5. The molecule has 7 heteroatoms. The second-order valence-corrected chi connectivity index (χ2v) is 6.44. The molecule has 0 amide bonds. The van der Waals surface area contributed by atoms with Crippen molar-refractivity contribution in [1.82, 2.24) is 14.6 Å². The molecule has 1 aliphatic rings. The van der Waals surface area contributed by atoms with Crippen molar-refractivity contribution in [3.05, 3.63) is 42.7 Å². The SMILES string of the molecule is COc1cccc(-c2cc3c(N4CCC(C(=O)O)CC4)nccn3n2)c1. The summed E-state index contributed by atoms with van der Waals surface area (Å²) in [5.74, 6) is 0.662. The standard InChI is InChI=1S/C19H20N4O3/c1-26-15-4-2-3-14(11-15)16-12-17-18(20-7-10-23(17)21-16)22-8-5-13(6-9-22)19(24)25/h2-4,7,10-13H,5-6,8-9H2,1H3,(H,24,25). The zero-order valence-electron chi connectivity index (χ0n) is 14.5. The van der Waals surface area contributed by atoms with E-state index in [1.54, 1.807) is 13.3 Å². The van der Waals surface area contributed by atoms with Crippen molar-refractivity contribution in [2.75, 3.05) is 25.1 Å². The van der Waals surface area contributed by atoms with Crippen LogP contribution in [-0.2, 0) is 4.79 Å². The van der Waals surface area contributed by atoms with Gasteiger partial charge in [-0.25, -0.2) is 9.50 Å². The Labute approximate surface area is 150 Å². The number of fused-ring (bicyclic) bond motifs is 1. The van der Waals surface area contributed by atoms with E-state index in [9.17, 15) is 9.90 Å². The maximum Gasteiger partial charge on any atom is 0.306 e. The van der Waals surface area contributed by atoms with Gasteiger partial charge in [-0.05, 0) is 31.0 Å². The van der Waals surface area contributed by atoms with E-state index >= 15 is 0 Å². The molecule has 134 valence electrons. The maximum atomic E-state index is 11.2. The molecule has 1 aromatic carbocycles.